The molecular weight excluding hydrogens is 272 g/mol. The molecule has 1 aromatic carbocycles. The first-order chi connectivity index (χ1) is 9.88. The number of nitrogens with zero attached hydrogens (tertiary/aromatic N) is 2. The first-order valence-corrected chi connectivity index (χ1v) is 6.13. The van der Waals surface area contributed by atoms with Crippen molar-refractivity contribution in [3.63, 3.8) is 0 Å². The summed E-state index contributed by atoms with van der Waals surface area (Å²) >= 11 is 0. The molecule has 2 rings (SSSR count). The van der Waals surface area contributed by atoms with E-state index in [1.54, 1.807) is 26.0 Å². The monoisotopic (exact) mass is 286 g/mol. The summed E-state index contributed by atoms with van der Waals surface area (Å²) < 4.78 is 5.66. The molecule has 7 heteroatoms. The van der Waals surface area contributed by atoms with Gasteiger partial charge in [0.15, 0.2) is 0 Å². The molecular formula is C14H14N4O3. The molecule has 1 heterocycles. The predicted octanol–water partition coefficient (Wildman–Crippen LogP) is 2.68. The molecule has 21 heavy (non-hydrogen) atoms. The van der Waals surface area contributed by atoms with Gasteiger partial charge in [-0.15, -0.1) is 0 Å². The highest BCUT2D eigenvalue weighted by atomic mass is 16.6. The van der Waals surface area contributed by atoms with Crippen LogP contribution in [0.1, 0.15) is 16.8 Å². The van der Waals surface area contributed by atoms with Crippen molar-refractivity contribution in [3.8, 4) is 11.6 Å². The van der Waals surface area contributed by atoms with Crippen LogP contribution in [0, 0.1) is 29.4 Å². The van der Waals surface area contributed by atoms with Gasteiger partial charge in [-0.3, -0.25) is 15.5 Å². The van der Waals surface area contributed by atoms with Crippen LogP contribution in [0.3, 0.4) is 0 Å². The van der Waals surface area contributed by atoms with E-state index in [0.29, 0.717) is 16.9 Å². The van der Waals surface area contributed by atoms with Crippen LogP contribution in [0.15, 0.2) is 30.3 Å². The number of aryl methyl sites for hydroxylation is 2. The number of nitrogens with two attached hydrogens (primary N) is 1. The van der Waals surface area contributed by atoms with Crippen molar-refractivity contribution in [1.29, 1.82) is 5.41 Å². The van der Waals surface area contributed by atoms with Gasteiger partial charge < -0.3 is 10.5 Å². The van der Waals surface area contributed by atoms with Gasteiger partial charge in [0.1, 0.15) is 11.6 Å². The average molecular weight is 286 g/mol. The fraction of sp³-hybridized carbons (Fsp3) is 0.143. The summed E-state index contributed by atoms with van der Waals surface area (Å²) in [5.41, 5.74) is 7.17. The number of hydrogen-bond donors (Lipinski definition) is 2. The molecule has 0 spiro atoms. The highest BCUT2D eigenvalue weighted by Crippen LogP contribution is 2.29. The highest BCUT2D eigenvalue weighted by Gasteiger charge is 2.13. The summed E-state index contributed by atoms with van der Waals surface area (Å²) in [6.45, 7) is 3.49. The number of hydrogen-bond acceptors (Lipinski definition) is 5. The minimum atomic E-state index is -0.470. The second kappa shape index (κ2) is 5.58. The van der Waals surface area contributed by atoms with Crippen LogP contribution in [0.5, 0.6) is 11.6 Å². The Hall–Kier alpha value is -2.96. The summed E-state index contributed by atoms with van der Waals surface area (Å²) in [7, 11) is 0. The molecule has 0 unspecified atom stereocenters. The average Bonchev–Trinajstić information content (AvgIpc) is 2.40. The molecule has 0 saturated heterocycles. The predicted molar refractivity (Wildman–Crippen MR) is 77.9 cm³/mol. The third-order valence-corrected chi connectivity index (χ3v) is 2.87. The minimum absolute atomic E-state index is 0.0103. The van der Waals surface area contributed by atoms with Crippen LogP contribution in [0.4, 0.5) is 5.69 Å². The molecule has 0 amide bonds. The van der Waals surface area contributed by atoms with E-state index in [-0.39, 0.29) is 17.4 Å². The van der Waals surface area contributed by atoms with Crippen LogP contribution in [0.25, 0.3) is 0 Å². The summed E-state index contributed by atoms with van der Waals surface area (Å²) in [6.07, 6.45) is 0. The standard InChI is InChI=1S/C14H14N4O3/c1-8-7-10(18(19)20)4-6-12(8)21-14-11(13(15)16)5-3-9(2)17-14/h3-7H,1-2H3,(H3,15,16). The van der Waals surface area contributed by atoms with E-state index in [4.69, 9.17) is 15.9 Å². The Labute approximate surface area is 121 Å². The molecule has 0 fully saturated rings. The SMILES string of the molecule is Cc1ccc(C(=N)N)c(Oc2ccc([N+](=O)[O-])cc2C)n1. The Balaban J connectivity index is 2.40. The molecule has 0 atom stereocenters. The van der Waals surface area contributed by atoms with E-state index < -0.39 is 4.92 Å². The van der Waals surface area contributed by atoms with Gasteiger partial charge in [0.25, 0.3) is 5.69 Å². The van der Waals surface area contributed by atoms with E-state index in [1.807, 2.05) is 0 Å². The van der Waals surface area contributed by atoms with Crippen molar-refractivity contribution in [1.82, 2.24) is 4.98 Å². The molecule has 108 valence electrons. The maximum atomic E-state index is 10.7. The lowest BCUT2D eigenvalue weighted by Gasteiger charge is -2.11. The van der Waals surface area contributed by atoms with Crippen LogP contribution in [-0.4, -0.2) is 15.7 Å². The molecule has 0 aliphatic heterocycles. The zero-order valence-corrected chi connectivity index (χ0v) is 11.6. The molecule has 3 N–H and O–H groups in total. The Morgan fingerprint density at radius 1 is 1.33 bits per heavy atom. The number of amidine groups is 1. The van der Waals surface area contributed by atoms with Gasteiger partial charge in [0.05, 0.1) is 10.5 Å². The van der Waals surface area contributed by atoms with Crippen LogP contribution in [-0.2, 0) is 0 Å². The number of pyridine rings is 1. The van der Waals surface area contributed by atoms with E-state index in [9.17, 15) is 10.1 Å². The lowest BCUT2D eigenvalue weighted by atomic mass is 10.2. The van der Waals surface area contributed by atoms with E-state index in [1.165, 1.54) is 18.2 Å². The first kappa shape index (κ1) is 14.4. The summed E-state index contributed by atoms with van der Waals surface area (Å²) in [5.74, 6) is 0.484. The molecule has 0 aliphatic rings. The number of nitro groups is 1. The minimum Gasteiger partial charge on any atom is -0.438 e. The van der Waals surface area contributed by atoms with Crippen LogP contribution < -0.4 is 10.5 Å². The zero-order valence-electron chi connectivity index (χ0n) is 11.6. The Morgan fingerprint density at radius 3 is 2.62 bits per heavy atom. The molecule has 0 aliphatic carbocycles. The number of nitro benzene ring substituents is 1. The second-order valence-corrected chi connectivity index (χ2v) is 4.53. The number of nitrogen functional groups attached to an aromatic ring is 1. The molecule has 2 aromatic rings. The van der Waals surface area contributed by atoms with Gasteiger partial charge in [0, 0.05) is 17.8 Å². The number of non-ortho nitro benzene ring substituents is 1. The largest absolute Gasteiger partial charge is 0.438 e. The maximum absolute atomic E-state index is 10.7. The number of aromatic nitrogens is 1. The lowest BCUT2D eigenvalue weighted by molar-refractivity contribution is -0.384. The quantitative estimate of drug-likeness (QED) is 0.388. The van der Waals surface area contributed by atoms with Crippen molar-refractivity contribution < 1.29 is 9.66 Å². The zero-order chi connectivity index (χ0) is 15.6. The fourth-order valence-corrected chi connectivity index (χ4v) is 1.78. The Bertz CT molecular complexity index is 728. The molecule has 0 radical (unpaired) electrons. The number of rotatable bonds is 4. The van der Waals surface area contributed by atoms with Crippen molar-refractivity contribution in [2.24, 2.45) is 5.73 Å². The topological polar surface area (TPSA) is 115 Å². The van der Waals surface area contributed by atoms with Gasteiger partial charge >= 0.3 is 0 Å². The van der Waals surface area contributed by atoms with Gasteiger partial charge in [0.2, 0.25) is 5.88 Å². The fourth-order valence-electron chi connectivity index (χ4n) is 1.78. The normalized spacial score (nSPS) is 10.2. The van der Waals surface area contributed by atoms with Gasteiger partial charge in [-0.25, -0.2) is 4.98 Å². The highest BCUT2D eigenvalue weighted by molar-refractivity contribution is 5.97. The van der Waals surface area contributed by atoms with Crippen molar-refractivity contribution >= 4 is 11.5 Å². The maximum Gasteiger partial charge on any atom is 0.269 e. The lowest BCUT2D eigenvalue weighted by Crippen LogP contribution is -2.13. The molecule has 0 saturated carbocycles. The second-order valence-electron chi connectivity index (χ2n) is 4.53. The number of nitrogens with one attached hydrogen (secondary N) is 1. The third-order valence-electron chi connectivity index (χ3n) is 2.87. The smallest absolute Gasteiger partial charge is 0.269 e. The summed E-state index contributed by atoms with van der Waals surface area (Å²) in [6, 6.07) is 7.65. The molecule has 0 bridgehead atoms. The van der Waals surface area contributed by atoms with Crippen LogP contribution in [0.2, 0.25) is 0 Å². The van der Waals surface area contributed by atoms with Gasteiger partial charge in [-0.2, -0.15) is 0 Å². The molecule has 7 nitrogen and oxygen atoms in total. The van der Waals surface area contributed by atoms with Crippen molar-refractivity contribution in [2.45, 2.75) is 13.8 Å². The Kier molecular flexibility index (Phi) is 3.84. The first-order valence-electron chi connectivity index (χ1n) is 6.13. The van der Waals surface area contributed by atoms with Crippen molar-refractivity contribution in [2.75, 3.05) is 0 Å². The molecule has 1 aromatic heterocycles. The van der Waals surface area contributed by atoms with Crippen LogP contribution >= 0.6 is 0 Å². The van der Waals surface area contributed by atoms with Gasteiger partial charge in [-0.05, 0) is 37.6 Å². The summed E-state index contributed by atoms with van der Waals surface area (Å²) in [5, 5.41) is 18.2. The Morgan fingerprint density at radius 2 is 2.05 bits per heavy atom. The third kappa shape index (κ3) is 3.14. The summed E-state index contributed by atoms with van der Waals surface area (Å²) in [4.78, 5) is 14.5. The van der Waals surface area contributed by atoms with E-state index >= 15 is 0 Å². The number of benzene rings is 1. The van der Waals surface area contributed by atoms with Gasteiger partial charge in [-0.1, -0.05) is 0 Å². The number of ether oxygens (including phenoxy) is 1. The van der Waals surface area contributed by atoms with Crippen molar-refractivity contribution in [3.05, 3.63) is 57.3 Å². The van der Waals surface area contributed by atoms with E-state index in [0.717, 1.165) is 5.69 Å². The van der Waals surface area contributed by atoms with E-state index in [2.05, 4.69) is 4.98 Å².